The molecule has 0 aromatic rings. The van der Waals surface area contributed by atoms with E-state index >= 15 is 0 Å². The van der Waals surface area contributed by atoms with Crippen LogP contribution in [-0.4, -0.2) is 16.9 Å². The lowest BCUT2D eigenvalue weighted by Crippen LogP contribution is -2.19. The van der Waals surface area contributed by atoms with Gasteiger partial charge in [-0.05, 0) is 0 Å². The summed E-state index contributed by atoms with van der Waals surface area (Å²) in [4.78, 5) is 11.1. The lowest BCUT2D eigenvalue weighted by Gasteiger charge is -2.09. The van der Waals surface area contributed by atoms with Crippen molar-refractivity contribution < 1.29 is 9.53 Å². The highest BCUT2D eigenvalue weighted by atomic mass is 79.9. The molecule has 0 amide bonds. The van der Waals surface area contributed by atoms with Gasteiger partial charge in [0.1, 0.15) is 6.10 Å². The van der Waals surface area contributed by atoms with Crippen LogP contribution in [0, 0.1) is 5.92 Å². The van der Waals surface area contributed by atoms with E-state index in [4.69, 9.17) is 4.74 Å². The molecule has 3 unspecified atom stereocenters. The highest BCUT2D eigenvalue weighted by molar-refractivity contribution is 9.09. The molecule has 1 aliphatic carbocycles. The SMILES string of the molecule is C=C1C(=O)OC2C(Br)C=CC12. The van der Waals surface area contributed by atoms with Gasteiger partial charge in [-0.25, -0.2) is 4.79 Å². The van der Waals surface area contributed by atoms with Crippen molar-refractivity contribution in [3.63, 3.8) is 0 Å². The van der Waals surface area contributed by atoms with Crippen LogP contribution in [0.15, 0.2) is 24.3 Å². The van der Waals surface area contributed by atoms with Crippen LogP contribution in [0.2, 0.25) is 0 Å². The highest BCUT2D eigenvalue weighted by Crippen LogP contribution is 2.37. The molecular weight excluding hydrogens is 208 g/mol. The maximum atomic E-state index is 11.0. The minimum Gasteiger partial charge on any atom is -0.456 e. The van der Waals surface area contributed by atoms with Crippen LogP contribution in [0.1, 0.15) is 0 Å². The number of esters is 1. The Morgan fingerprint density at radius 3 is 2.91 bits per heavy atom. The minimum absolute atomic E-state index is 0.0463. The predicted octanol–water partition coefficient (Wildman–Crippen LogP) is 1.42. The molecule has 3 heteroatoms. The van der Waals surface area contributed by atoms with Crippen molar-refractivity contribution in [2.75, 3.05) is 0 Å². The smallest absolute Gasteiger partial charge is 0.334 e. The molecule has 0 spiro atoms. The van der Waals surface area contributed by atoms with Gasteiger partial charge in [0, 0.05) is 11.5 Å². The number of halogens is 1. The Morgan fingerprint density at radius 2 is 2.27 bits per heavy atom. The van der Waals surface area contributed by atoms with Gasteiger partial charge >= 0.3 is 5.97 Å². The van der Waals surface area contributed by atoms with E-state index in [0.29, 0.717) is 5.57 Å². The largest absolute Gasteiger partial charge is 0.456 e. The highest BCUT2D eigenvalue weighted by Gasteiger charge is 2.43. The first-order chi connectivity index (χ1) is 5.20. The molecule has 11 heavy (non-hydrogen) atoms. The van der Waals surface area contributed by atoms with E-state index in [1.807, 2.05) is 12.2 Å². The zero-order chi connectivity index (χ0) is 8.01. The third-order valence-electron chi connectivity index (χ3n) is 2.08. The molecule has 0 saturated carbocycles. The van der Waals surface area contributed by atoms with Crippen molar-refractivity contribution in [3.05, 3.63) is 24.3 Å². The van der Waals surface area contributed by atoms with E-state index in [0.717, 1.165) is 0 Å². The van der Waals surface area contributed by atoms with Gasteiger partial charge in [-0.2, -0.15) is 0 Å². The molecule has 1 heterocycles. The maximum absolute atomic E-state index is 11.0. The summed E-state index contributed by atoms with van der Waals surface area (Å²) >= 11 is 3.40. The average molecular weight is 215 g/mol. The van der Waals surface area contributed by atoms with E-state index in [1.165, 1.54) is 0 Å². The minimum atomic E-state index is -0.256. The second-order valence-electron chi connectivity index (χ2n) is 2.75. The number of rotatable bonds is 0. The molecular formula is C8H7BrO2. The third kappa shape index (κ3) is 0.872. The van der Waals surface area contributed by atoms with Gasteiger partial charge in [-0.1, -0.05) is 34.7 Å². The Balaban J connectivity index is 2.31. The molecule has 2 rings (SSSR count). The number of alkyl halides is 1. The van der Waals surface area contributed by atoms with Crippen LogP contribution in [0.4, 0.5) is 0 Å². The molecule has 0 N–H and O–H groups in total. The average Bonchev–Trinajstić information content (AvgIpc) is 2.43. The molecule has 2 aliphatic rings. The molecule has 0 radical (unpaired) electrons. The topological polar surface area (TPSA) is 26.3 Å². The van der Waals surface area contributed by atoms with Crippen LogP contribution in [-0.2, 0) is 9.53 Å². The molecule has 0 aromatic heterocycles. The first kappa shape index (κ1) is 7.10. The number of carbonyl (C=O) groups is 1. The zero-order valence-electron chi connectivity index (χ0n) is 5.79. The van der Waals surface area contributed by atoms with Crippen LogP contribution in [0.5, 0.6) is 0 Å². The van der Waals surface area contributed by atoms with Crippen molar-refractivity contribution in [1.82, 2.24) is 0 Å². The van der Waals surface area contributed by atoms with E-state index in [9.17, 15) is 4.79 Å². The summed E-state index contributed by atoms with van der Waals surface area (Å²) in [5.41, 5.74) is 0.577. The first-order valence-corrected chi connectivity index (χ1v) is 4.34. The second-order valence-corrected chi connectivity index (χ2v) is 3.81. The summed E-state index contributed by atoms with van der Waals surface area (Å²) < 4.78 is 5.06. The lowest BCUT2D eigenvalue weighted by molar-refractivity contribution is -0.138. The summed E-state index contributed by atoms with van der Waals surface area (Å²) in [6.07, 6.45) is 3.92. The number of ether oxygens (including phenoxy) is 1. The fraction of sp³-hybridized carbons (Fsp3) is 0.375. The molecule has 3 atom stereocenters. The Kier molecular flexibility index (Phi) is 1.42. The number of carbonyl (C=O) groups excluding carboxylic acids is 1. The quantitative estimate of drug-likeness (QED) is 0.264. The number of hydrogen-bond acceptors (Lipinski definition) is 2. The summed E-state index contributed by atoms with van der Waals surface area (Å²) in [6.45, 7) is 3.67. The summed E-state index contributed by atoms with van der Waals surface area (Å²) in [5, 5.41) is 0. The fourth-order valence-electron chi connectivity index (χ4n) is 1.43. The van der Waals surface area contributed by atoms with Crippen molar-refractivity contribution >= 4 is 21.9 Å². The van der Waals surface area contributed by atoms with Crippen molar-refractivity contribution in [2.45, 2.75) is 10.9 Å². The van der Waals surface area contributed by atoms with Crippen LogP contribution < -0.4 is 0 Å². The van der Waals surface area contributed by atoms with Crippen LogP contribution >= 0.6 is 15.9 Å². The third-order valence-corrected chi connectivity index (χ3v) is 2.90. The van der Waals surface area contributed by atoms with Crippen molar-refractivity contribution in [2.24, 2.45) is 5.92 Å². The van der Waals surface area contributed by atoms with E-state index in [1.54, 1.807) is 0 Å². The zero-order valence-corrected chi connectivity index (χ0v) is 7.37. The van der Waals surface area contributed by atoms with Gasteiger partial charge < -0.3 is 4.74 Å². The van der Waals surface area contributed by atoms with Crippen molar-refractivity contribution in [3.8, 4) is 0 Å². The van der Waals surface area contributed by atoms with E-state index in [2.05, 4.69) is 22.5 Å². The predicted molar refractivity (Wildman–Crippen MR) is 44.4 cm³/mol. The Morgan fingerprint density at radius 1 is 1.55 bits per heavy atom. The fourth-order valence-corrected chi connectivity index (χ4v) is 2.04. The van der Waals surface area contributed by atoms with Gasteiger partial charge in [0.25, 0.3) is 0 Å². The number of hydrogen-bond donors (Lipinski definition) is 0. The van der Waals surface area contributed by atoms with Crippen LogP contribution in [0.25, 0.3) is 0 Å². The summed E-state index contributed by atoms with van der Waals surface area (Å²) in [6, 6.07) is 0. The molecule has 1 fully saturated rings. The normalized spacial score (nSPS) is 41.0. The number of fused-ring (bicyclic) bond motifs is 1. The van der Waals surface area contributed by atoms with Crippen LogP contribution in [0.3, 0.4) is 0 Å². The second kappa shape index (κ2) is 2.21. The van der Waals surface area contributed by atoms with E-state index < -0.39 is 0 Å². The molecule has 1 aliphatic heterocycles. The molecule has 1 saturated heterocycles. The molecule has 58 valence electrons. The van der Waals surface area contributed by atoms with Gasteiger partial charge in [-0.15, -0.1) is 0 Å². The van der Waals surface area contributed by atoms with Gasteiger partial charge in [0.05, 0.1) is 4.83 Å². The first-order valence-electron chi connectivity index (χ1n) is 3.42. The van der Waals surface area contributed by atoms with Gasteiger partial charge in [-0.3, -0.25) is 0 Å². The Bertz CT molecular complexity index is 257. The van der Waals surface area contributed by atoms with Gasteiger partial charge in [0.15, 0.2) is 0 Å². The maximum Gasteiger partial charge on any atom is 0.334 e. The molecule has 0 aromatic carbocycles. The Hall–Kier alpha value is -0.570. The monoisotopic (exact) mass is 214 g/mol. The standard InChI is InChI=1S/C8H7BrO2/c1-4-5-2-3-6(9)7(5)11-8(4)10/h2-3,5-7H,1H2. The molecule has 2 nitrogen and oxygen atoms in total. The lowest BCUT2D eigenvalue weighted by atomic mass is 10.0. The Labute approximate surface area is 73.0 Å². The van der Waals surface area contributed by atoms with E-state index in [-0.39, 0.29) is 22.8 Å². The molecule has 0 bridgehead atoms. The van der Waals surface area contributed by atoms with Crippen molar-refractivity contribution in [1.29, 1.82) is 0 Å². The summed E-state index contributed by atoms with van der Waals surface area (Å²) in [7, 11) is 0. The van der Waals surface area contributed by atoms with Gasteiger partial charge in [0.2, 0.25) is 0 Å². The summed E-state index contributed by atoms with van der Waals surface area (Å²) in [5.74, 6) is -0.152.